The number of thiophene rings is 1. The highest BCUT2D eigenvalue weighted by molar-refractivity contribution is 9.10. The van der Waals surface area contributed by atoms with E-state index in [9.17, 15) is 9.59 Å². The van der Waals surface area contributed by atoms with Gasteiger partial charge < -0.3 is 14.6 Å². The molecule has 0 radical (unpaired) electrons. The maximum absolute atomic E-state index is 13.0. The third kappa shape index (κ3) is 4.84. The molecule has 1 aromatic carbocycles. The second kappa shape index (κ2) is 10.4. The van der Waals surface area contributed by atoms with E-state index in [0.29, 0.717) is 22.2 Å². The van der Waals surface area contributed by atoms with Crippen molar-refractivity contribution in [2.45, 2.75) is 46.5 Å². The van der Waals surface area contributed by atoms with Gasteiger partial charge in [-0.3, -0.25) is 4.79 Å². The molecule has 0 saturated carbocycles. The number of benzene rings is 1. The first-order valence-electron chi connectivity index (χ1n) is 11.9. The minimum absolute atomic E-state index is 0.167. The summed E-state index contributed by atoms with van der Waals surface area (Å²) in [5.41, 5.74) is 5.55. The van der Waals surface area contributed by atoms with Crippen LogP contribution in [0.25, 0.3) is 11.1 Å². The van der Waals surface area contributed by atoms with Gasteiger partial charge in [0, 0.05) is 20.7 Å². The molecule has 5 rings (SSSR count). The Bertz CT molecular complexity index is 1420. The number of carbonyl (C=O) groups is 2. The van der Waals surface area contributed by atoms with E-state index in [4.69, 9.17) is 4.74 Å². The fourth-order valence-electron chi connectivity index (χ4n) is 4.62. The van der Waals surface area contributed by atoms with Crippen LogP contribution >= 0.6 is 39.0 Å². The SMILES string of the molecule is CCOC(=O)c1c(-n2c(C)cc(/C=C3/SC(=Nc4ccc(Br)cc4)NC3=O)c2C)sc2c1CCCC2. The molecule has 3 heterocycles. The predicted octanol–water partition coefficient (Wildman–Crippen LogP) is 6.87. The van der Waals surface area contributed by atoms with Crippen molar-refractivity contribution >= 4 is 67.8 Å². The number of amides is 1. The Kier molecular flexibility index (Phi) is 7.23. The first-order valence-corrected chi connectivity index (χ1v) is 14.3. The number of aryl methyl sites for hydroxylation is 2. The van der Waals surface area contributed by atoms with Crippen LogP contribution < -0.4 is 5.32 Å². The number of hydrogen-bond acceptors (Lipinski definition) is 6. The van der Waals surface area contributed by atoms with Crippen molar-refractivity contribution in [2.75, 3.05) is 6.61 Å². The molecule has 36 heavy (non-hydrogen) atoms. The Morgan fingerprint density at radius 2 is 1.97 bits per heavy atom. The summed E-state index contributed by atoms with van der Waals surface area (Å²) in [5.74, 6) is -0.418. The van der Waals surface area contributed by atoms with Crippen molar-refractivity contribution in [3.63, 3.8) is 0 Å². The summed E-state index contributed by atoms with van der Waals surface area (Å²) in [6.07, 6.45) is 6.05. The average Bonchev–Trinajstić information content (AvgIpc) is 3.48. The Hall–Kier alpha value is -2.62. The maximum atomic E-state index is 13.0. The lowest BCUT2D eigenvalue weighted by molar-refractivity contribution is -0.115. The van der Waals surface area contributed by atoms with E-state index < -0.39 is 0 Å². The quantitative estimate of drug-likeness (QED) is 0.263. The molecule has 0 bridgehead atoms. The monoisotopic (exact) mass is 583 g/mol. The fourth-order valence-corrected chi connectivity index (χ4v) is 7.21. The van der Waals surface area contributed by atoms with Gasteiger partial charge in [0.2, 0.25) is 0 Å². The van der Waals surface area contributed by atoms with E-state index in [1.165, 1.54) is 16.6 Å². The number of rotatable bonds is 5. The van der Waals surface area contributed by atoms with Crippen LogP contribution in [0.4, 0.5) is 5.69 Å². The molecule has 6 nitrogen and oxygen atoms in total. The smallest absolute Gasteiger partial charge is 0.341 e. The molecule has 1 amide bonds. The van der Waals surface area contributed by atoms with Crippen LogP contribution in [-0.4, -0.2) is 28.2 Å². The van der Waals surface area contributed by atoms with Gasteiger partial charge in [-0.15, -0.1) is 11.3 Å². The van der Waals surface area contributed by atoms with Gasteiger partial charge in [-0.2, -0.15) is 0 Å². The molecule has 0 unspecified atom stereocenters. The molecule has 9 heteroatoms. The summed E-state index contributed by atoms with van der Waals surface area (Å²) in [6.45, 7) is 6.25. The first kappa shape index (κ1) is 25.0. The summed E-state index contributed by atoms with van der Waals surface area (Å²) in [5, 5.41) is 4.33. The molecule has 186 valence electrons. The lowest BCUT2D eigenvalue weighted by Crippen LogP contribution is -2.19. The maximum Gasteiger partial charge on any atom is 0.341 e. The molecular weight excluding hydrogens is 558 g/mol. The van der Waals surface area contributed by atoms with E-state index in [1.807, 2.05) is 51.1 Å². The second-order valence-electron chi connectivity index (χ2n) is 8.73. The highest BCUT2D eigenvalue weighted by Crippen LogP contribution is 2.40. The molecule has 3 aromatic rings. The van der Waals surface area contributed by atoms with Gasteiger partial charge in [0.25, 0.3) is 5.91 Å². The number of fused-ring (bicyclic) bond motifs is 1. The van der Waals surface area contributed by atoms with Crippen molar-refractivity contribution in [1.29, 1.82) is 0 Å². The summed E-state index contributed by atoms with van der Waals surface area (Å²) in [4.78, 5) is 32.1. The Morgan fingerprint density at radius 3 is 2.72 bits per heavy atom. The standard InChI is InChI=1S/C27H26BrN3O3S2/c1-4-34-26(33)23-20-7-5-6-8-21(20)35-25(23)31-15(2)13-17(16(31)3)14-22-24(32)30-27(36-22)29-19-11-9-18(28)10-12-19/h9-14H,4-8H2,1-3H3,(H,29,30,32)/b22-14+. The third-order valence-corrected chi connectivity index (χ3v) is 9.02. The minimum Gasteiger partial charge on any atom is -0.462 e. The largest absolute Gasteiger partial charge is 0.462 e. The zero-order chi connectivity index (χ0) is 25.4. The summed E-state index contributed by atoms with van der Waals surface area (Å²) in [7, 11) is 0. The lowest BCUT2D eigenvalue weighted by Gasteiger charge is -2.13. The second-order valence-corrected chi connectivity index (χ2v) is 11.8. The molecule has 1 N–H and O–H groups in total. The first-order chi connectivity index (χ1) is 17.4. The number of hydrogen-bond donors (Lipinski definition) is 1. The number of thioether (sulfide) groups is 1. The summed E-state index contributed by atoms with van der Waals surface area (Å²) in [6, 6.07) is 9.67. The summed E-state index contributed by atoms with van der Waals surface area (Å²) < 4.78 is 8.57. The molecule has 2 aromatic heterocycles. The van der Waals surface area contributed by atoms with Crippen LogP contribution in [0.15, 0.2) is 44.7 Å². The van der Waals surface area contributed by atoms with E-state index in [-0.39, 0.29) is 11.9 Å². The number of ether oxygens (including phenoxy) is 1. The van der Waals surface area contributed by atoms with Crippen molar-refractivity contribution in [2.24, 2.45) is 4.99 Å². The normalized spacial score (nSPS) is 17.5. The van der Waals surface area contributed by atoms with E-state index in [0.717, 1.165) is 63.4 Å². The molecule has 2 aliphatic rings. The van der Waals surface area contributed by atoms with E-state index in [1.54, 1.807) is 11.3 Å². The summed E-state index contributed by atoms with van der Waals surface area (Å²) >= 11 is 6.44. The van der Waals surface area contributed by atoms with Crippen LogP contribution in [-0.2, 0) is 22.4 Å². The van der Waals surface area contributed by atoms with Gasteiger partial charge in [-0.1, -0.05) is 15.9 Å². The van der Waals surface area contributed by atoms with Crippen LogP contribution in [0.2, 0.25) is 0 Å². The number of nitrogens with zero attached hydrogens (tertiary/aromatic N) is 2. The van der Waals surface area contributed by atoms with Gasteiger partial charge >= 0.3 is 5.97 Å². The number of aliphatic imine (C=N–C) groups is 1. The van der Waals surface area contributed by atoms with Crippen molar-refractivity contribution in [3.8, 4) is 5.00 Å². The molecule has 0 atom stereocenters. The van der Waals surface area contributed by atoms with Crippen LogP contribution in [0.5, 0.6) is 0 Å². The molecular formula is C27H26BrN3O3S2. The topological polar surface area (TPSA) is 72.7 Å². The van der Waals surface area contributed by atoms with Gasteiger partial charge in [0.1, 0.15) is 5.00 Å². The fraction of sp³-hybridized carbons (Fsp3) is 0.296. The molecule has 1 aliphatic carbocycles. The van der Waals surface area contributed by atoms with Crippen LogP contribution in [0.1, 0.15) is 57.5 Å². The van der Waals surface area contributed by atoms with E-state index in [2.05, 4.69) is 36.9 Å². The molecule has 1 aliphatic heterocycles. The predicted molar refractivity (Wildman–Crippen MR) is 151 cm³/mol. The van der Waals surface area contributed by atoms with Gasteiger partial charge in [-0.05, 0) is 106 Å². The lowest BCUT2D eigenvalue weighted by atomic mass is 9.95. The van der Waals surface area contributed by atoms with Gasteiger partial charge in [0.15, 0.2) is 5.17 Å². The Morgan fingerprint density at radius 1 is 1.22 bits per heavy atom. The zero-order valence-corrected chi connectivity index (χ0v) is 23.5. The number of aromatic nitrogens is 1. The zero-order valence-electron chi connectivity index (χ0n) is 20.3. The minimum atomic E-state index is -0.251. The number of nitrogens with one attached hydrogen (secondary N) is 1. The van der Waals surface area contributed by atoms with Gasteiger partial charge in [0.05, 0.1) is 22.8 Å². The van der Waals surface area contributed by atoms with E-state index >= 15 is 0 Å². The number of amidine groups is 1. The highest BCUT2D eigenvalue weighted by atomic mass is 79.9. The Labute approximate surface area is 227 Å². The highest BCUT2D eigenvalue weighted by Gasteiger charge is 2.29. The van der Waals surface area contributed by atoms with Crippen molar-refractivity contribution < 1.29 is 14.3 Å². The molecule has 1 fully saturated rings. The number of carbonyl (C=O) groups excluding carboxylic acids is 2. The van der Waals surface area contributed by atoms with Crippen molar-refractivity contribution in [3.05, 3.63) is 72.7 Å². The molecule has 0 spiro atoms. The third-order valence-electron chi connectivity index (χ3n) is 6.30. The van der Waals surface area contributed by atoms with Crippen LogP contribution in [0.3, 0.4) is 0 Å². The molecule has 1 saturated heterocycles. The number of halogens is 1. The van der Waals surface area contributed by atoms with Crippen molar-refractivity contribution in [1.82, 2.24) is 9.88 Å². The van der Waals surface area contributed by atoms with Gasteiger partial charge in [-0.25, -0.2) is 9.79 Å². The Balaban J connectivity index is 1.50. The number of esters is 1. The van der Waals surface area contributed by atoms with Crippen LogP contribution in [0, 0.1) is 13.8 Å². The average molecular weight is 585 g/mol.